The van der Waals surface area contributed by atoms with Gasteiger partial charge in [0.05, 0.1) is 25.5 Å². The molecule has 3 fully saturated rings. The molecule has 170 valence electrons. The molecule has 0 spiro atoms. The van der Waals surface area contributed by atoms with Gasteiger partial charge in [-0.2, -0.15) is 0 Å². The van der Waals surface area contributed by atoms with Gasteiger partial charge in [0, 0.05) is 37.3 Å². The summed E-state index contributed by atoms with van der Waals surface area (Å²) < 4.78 is 10.4. The lowest BCUT2D eigenvalue weighted by atomic mass is 10.0. The highest BCUT2D eigenvalue weighted by Gasteiger charge is 2.40. The van der Waals surface area contributed by atoms with E-state index in [2.05, 4.69) is 34.4 Å². The second-order valence-corrected chi connectivity index (χ2v) is 8.84. The highest BCUT2D eigenvalue weighted by Crippen LogP contribution is 2.41. The molecule has 8 nitrogen and oxygen atoms in total. The van der Waals surface area contributed by atoms with Crippen LogP contribution in [0.3, 0.4) is 0 Å². The minimum absolute atomic E-state index is 0.0738. The van der Waals surface area contributed by atoms with E-state index < -0.39 is 12.2 Å². The number of nitrogens with one attached hydrogen (secondary N) is 2. The molecule has 2 heterocycles. The van der Waals surface area contributed by atoms with E-state index in [0.717, 1.165) is 43.6 Å². The summed E-state index contributed by atoms with van der Waals surface area (Å²) in [6.07, 6.45) is 5.31. The van der Waals surface area contributed by atoms with Crippen LogP contribution in [0.2, 0.25) is 0 Å². The maximum Gasteiger partial charge on any atom is 0.406 e. The van der Waals surface area contributed by atoms with E-state index in [4.69, 9.17) is 9.72 Å². The van der Waals surface area contributed by atoms with Gasteiger partial charge >= 0.3 is 6.09 Å². The molecule has 4 rings (SSSR count). The Labute approximate surface area is 184 Å². The van der Waals surface area contributed by atoms with Crippen molar-refractivity contribution < 1.29 is 19.1 Å². The van der Waals surface area contributed by atoms with Crippen molar-refractivity contribution in [1.82, 2.24) is 20.5 Å². The number of aryl methyl sites for hydroxylation is 1. The van der Waals surface area contributed by atoms with Crippen LogP contribution in [-0.2, 0) is 20.7 Å². The quantitative estimate of drug-likeness (QED) is 0.584. The lowest BCUT2D eigenvalue weighted by Gasteiger charge is -2.34. The van der Waals surface area contributed by atoms with Crippen LogP contribution in [0.15, 0.2) is 12.1 Å². The first-order valence-corrected chi connectivity index (χ1v) is 11.5. The molecule has 0 unspecified atom stereocenters. The largest absolute Gasteiger partial charge is 0.453 e. The molecule has 2 aliphatic carbocycles. The molecule has 0 aromatic carbocycles. The molecule has 2 N–H and O–H groups in total. The van der Waals surface area contributed by atoms with Gasteiger partial charge in [-0.05, 0) is 63.1 Å². The Balaban J connectivity index is 1.48. The lowest BCUT2D eigenvalue weighted by Crippen LogP contribution is -2.50. The topological polar surface area (TPSA) is 92.8 Å². The predicted octanol–water partition coefficient (Wildman–Crippen LogP) is 2.29. The van der Waals surface area contributed by atoms with E-state index in [1.54, 1.807) is 0 Å². The fraction of sp³-hybridized carbons (Fsp3) is 0.696. The van der Waals surface area contributed by atoms with Crippen molar-refractivity contribution in [2.45, 2.75) is 69.6 Å². The SMILES string of the molecule is COC(=O)NCCCc1cc(C2CC2)nc([C@@H](C)N(C(=O)[C@H]2CNCCO2)C2CC2)c1. The maximum absolute atomic E-state index is 13.3. The summed E-state index contributed by atoms with van der Waals surface area (Å²) in [5, 5.41) is 6.00. The van der Waals surface area contributed by atoms with Gasteiger partial charge < -0.3 is 25.0 Å². The molecular formula is C23H34N4O4. The average Bonchev–Trinajstić information content (AvgIpc) is 3.70. The number of carbonyl (C=O) groups excluding carboxylic acids is 2. The molecular weight excluding hydrogens is 396 g/mol. The summed E-state index contributed by atoms with van der Waals surface area (Å²) in [5.41, 5.74) is 3.31. The van der Waals surface area contributed by atoms with Gasteiger partial charge in [-0.1, -0.05) is 0 Å². The van der Waals surface area contributed by atoms with Crippen molar-refractivity contribution in [3.63, 3.8) is 0 Å². The Kier molecular flexibility index (Phi) is 7.07. The first-order chi connectivity index (χ1) is 15.1. The number of nitrogens with zero attached hydrogens (tertiary/aromatic N) is 2. The van der Waals surface area contributed by atoms with Crippen molar-refractivity contribution in [2.75, 3.05) is 33.4 Å². The monoisotopic (exact) mass is 430 g/mol. The minimum atomic E-state index is -0.410. The van der Waals surface area contributed by atoms with Crippen LogP contribution in [0, 0.1) is 0 Å². The molecule has 2 amide bonds. The number of hydrogen-bond donors (Lipinski definition) is 2. The number of aromatic nitrogens is 1. The molecule has 2 saturated carbocycles. The fourth-order valence-electron chi connectivity index (χ4n) is 4.21. The molecule has 31 heavy (non-hydrogen) atoms. The number of methoxy groups -OCH3 is 1. The summed E-state index contributed by atoms with van der Waals surface area (Å²) in [6.45, 7) is 4.60. The smallest absolute Gasteiger partial charge is 0.406 e. The molecule has 1 aliphatic heterocycles. The molecule has 8 heteroatoms. The van der Waals surface area contributed by atoms with Crippen molar-refractivity contribution in [2.24, 2.45) is 0 Å². The van der Waals surface area contributed by atoms with Gasteiger partial charge in [0.15, 0.2) is 0 Å². The van der Waals surface area contributed by atoms with Crippen LogP contribution in [0.4, 0.5) is 4.79 Å². The van der Waals surface area contributed by atoms with E-state index in [-0.39, 0.29) is 18.0 Å². The number of hydrogen-bond acceptors (Lipinski definition) is 6. The zero-order chi connectivity index (χ0) is 21.8. The van der Waals surface area contributed by atoms with Crippen molar-refractivity contribution >= 4 is 12.0 Å². The third kappa shape index (κ3) is 5.74. The highest BCUT2D eigenvalue weighted by atomic mass is 16.5. The van der Waals surface area contributed by atoms with Gasteiger partial charge in [-0.3, -0.25) is 9.78 Å². The zero-order valence-electron chi connectivity index (χ0n) is 18.6. The molecule has 3 aliphatic rings. The van der Waals surface area contributed by atoms with E-state index in [0.29, 0.717) is 25.6 Å². The number of carbonyl (C=O) groups is 2. The number of rotatable bonds is 9. The summed E-state index contributed by atoms with van der Waals surface area (Å²) in [7, 11) is 1.37. The summed E-state index contributed by atoms with van der Waals surface area (Å²) >= 11 is 0. The molecule has 1 saturated heterocycles. The summed E-state index contributed by atoms with van der Waals surface area (Å²) in [6, 6.07) is 4.53. The predicted molar refractivity (Wildman–Crippen MR) is 116 cm³/mol. The standard InChI is InChI=1S/C23H34N4O4/c1-15(27(18-7-8-18)22(28)21-14-24-10-11-31-21)19-12-16(4-3-9-25-23(29)30-2)13-20(26-19)17-5-6-17/h12-13,15,17-18,21,24H,3-11,14H2,1-2H3,(H,25,29)/t15-,21-/m1/s1. The van der Waals surface area contributed by atoms with Crippen LogP contribution >= 0.6 is 0 Å². The van der Waals surface area contributed by atoms with E-state index in [1.807, 2.05) is 4.90 Å². The number of pyridine rings is 1. The molecule has 2 atom stereocenters. The second-order valence-electron chi connectivity index (χ2n) is 8.84. The summed E-state index contributed by atoms with van der Waals surface area (Å²) in [5.74, 6) is 0.611. The Morgan fingerprint density at radius 3 is 2.77 bits per heavy atom. The van der Waals surface area contributed by atoms with Crippen LogP contribution in [0.25, 0.3) is 0 Å². The third-order valence-electron chi connectivity index (χ3n) is 6.26. The van der Waals surface area contributed by atoms with Gasteiger partial charge in [0.2, 0.25) is 0 Å². The van der Waals surface area contributed by atoms with Crippen molar-refractivity contribution in [3.8, 4) is 0 Å². The van der Waals surface area contributed by atoms with E-state index >= 15 is 0 Å². The Bertz CT molecular complexity index is 788. The Morgan fingerprint density at radius 1 is 1.32 bits per heavy atom. The molecule has 0 radical (unpaired) electrons. The van der Waals surface area contributed by atoms with Crippen LogP contribution in [0.5, 0.6) is 0 Å². The Hall–Kier alpha value is -2.19. The van der Waals surface area contributed by atoms with Gasteiger partial charge in [0.1, 0.15) is 6.10 Å². The fourth-order valence-corrected chi connectivity index (χ4v) is 4.21. The van der Waals surface area contributed by atoms with E-state index in [9.17, 15) is 9.59 Å². The normalized spacial score (nSPS) is 21.9. The van der Waals surface area contributed by atoms with Crippen molar-refractivity contribution in [3.05, 3.63) is 29.1 Å². The van der Waals surface area contributed by atoms with E-state index in [1.165, 1.54) is 25.5 Å². The van der Waals surface area contributed by atoms with Gasteiger partial charge in [-0.25, -0.2) is 4.79 Å². The van der Waals surface area contributed by atoms with Crippen LogP contribution in [-0.4, -0.2) is 67.4 Å². The zero-order valence-corrected chi connectivity index (χ0v) is 18.6. The number of morpholine rings is 1. The third-order valence-corrected chi connectivity index (χ3v) is 6.26. The minimum Gasteiger partial charge on any atom is -0.453 e. The number of amides is 2. The van der Waals surface area contributed by atoms with Gasteiger partial charge in [0.25, 0.3) is 5.91 Å². The first kappa shape index (κ1) is 22.0. The highest BCUT2D eigenvalue weighted by molar-refractivity contribution is 5.82. The van der Waals surface area contributed by atoms with Crippen LogP contribution in [0.1, 0.15) is 67.9 Å². The maximum atomic E-state index is 13.3. The molecule has 0 bridgehead atoms. The molecule has 1 aromatic rings. The second kappa shape index (κ2) is 9.96. The van der Waals surface area contributed by atoms with Crippen molar-refractivity contribution in [1.29, 1.82) is 0 Å². The summed E-state index contributed by atoms with van der Waals surface area (Å²) in [4.78, 5) is 31.6. The number of alkyl carbamates (subject to hydrolysis) is 1. The average molecular weight is 431 g/mol. The lowest BCUT2D eigenvalue weighted by molar-refractivity contribution is -0.148. The number of ether oxygens (including phenoxy) is 2. The first-order valence-electron chi connectivity index (χ1n) is 11.5. The van der Waals surface area contributed by atoms with Gasteiger partial charge in [-0.15, -0.1) is 0 Å². The Morgan fingerprint density at radius 2 is 2.13 bits per heavy atom. The van der Waals surface area contributed by atoms with Crippen LogP contribution < -0.4 is 10.6 Å². The molecule has 1 aromatic heterocycles.